The van der Waals surface area contributed by atoms with Gasteiger partial charge in [-0.2, -0.15) is 0 Å². The molecule has 0 amide bonds. The Labute approximate surface area is 61.4 Å². The highest BCUT2D eigenvalue weighted by atomic mass is 16.3. The highest BCUT2D eigenvalue weighted by molar-refractivity contribution is 5.11. The van der Waals surface area contributed by atoms with Crippen LogP contribution >= 0.6 is 0 Å². The Morgan fingerprint density at radius 3 is 2.20 bits per heavy atom. The predicted octanol–water partition coefficient (Wildman–Crippen LogP) is 1.27. The van der Waals surface area contributed by atoms with Gasteiger partial charge in [0, 0.05) is 0 Å². The second kappa shape index (κ2) is 1.42. The average Bonchev–Trinajstić information content (AvgIpc) is 2.51. The SMILES string of the molecule is C[C@H]1[C@H]2C[C@@H]3C[C@H]2[C@H](O)[C@H]31. The van der Waals surface area contributed by atoms with Crippen molar-refractivity contribution in [1.82, 2.24) is 0 Å². The summed E-state index contributed by atoms with van der Waals surface area (Å²) in [6.45, 7) is 2.33. The summed E-state index contributed by atoms with van der Waals surface area (Å²) in [4.78, 5) is 0. The van der Waals surface area contributed by atoms with E-state index in [0.717, 1.165) is 17.8 Å². The predicted molar refractivity (Wildman–Crippen MR) is 38.4 cm³/mol. The molecule has 0 aromatic heterocycles. The van der Waals surface area contributed by atoms with Gasteiger partial charge < -0.3 is 5.11 Å². The summed E-state index contributed by atoms with van der Waals surface area (Å²) in [5.41, 5.74) is 0. The maximum atomic E-state index is 9.70. The summed E-state index contributed by atoms with van der Waals surface area (Å²) in [5.74, 6) is 4.09. The third-order valence-corrected chi connectivity index (χ3v) is 4.36. The number of aliphatic hydroxyl groups is 1. The number of hydrogen-bond acceptors (Lipinski definition) is 1. The van der Waals surface area contributed by atoms with E-state index >= 15 is 0 Å². The van der Waals surface area contributed by atoms with Gasteiger partial charge in [0.2, 0.25) is 0 Å². The third kappa shape index (κ3) is 0.378. The van der Waals surface area contributed by atoms with Crippen LogP contribution in [-0.2, 0) is 0 Å². The highest BCUT2D eigenvalue weighted by Crippen LogP contribution is 2.65. The summed E-state index contributed by atoms with van der Waals surface area (Å²) in [6, 6.07) is 0. The van der Waals surface area contributed by atoms with E-state index in [0.29, 0.717) is 11.8 Å². The Hall–Kier alpha value is -0.0400. The number of aliphatic hydroxyl groups excluding tert-OH is 1. The Kier molecular flexibility index (Phi) is 0.797. The molecule has 0 heterocycles. The lowest BCUT2D eigenvalue weighted by Crippen LogP contribution is -2.19. The normalized spacial score (nSPS) is 70.2. The van der Waals surface area contributed by atoms with Gasteiger partial charge in [0.15, 0.2) is 0 Å². The largest absolute Gasteiger partial charge is 0.393 e. The quantitative estimate of drug-likeness (QED) is 0.534. The van der Waals surface area contributed by atoms with E-state index < -0.39 is 0 Å². The fourth-order valence-corrected chi connectivity index (χ4v) is 4.05. The zero-order valence-electron chi connectivity index (χ0n) is 6.33. The monoisotopic (exact) mass is 138 g/mol. The van der Waals surface area contributed by atoms with E-state index in [2.05, 4.69) is 6.92 Å². The van der Waals surface area contributed by atoms with E-state index in [1.54, 1.807) is 0 Å². The third-order valence-electron chi connectivity index (χ3n) is 4.36. The van der Waals surface area contributed by atoms with Gasteiger partial charge in [-0.1, -0.05) is 6.92 Å². The van der Waals surface area contributed by atoms with Crippen molar-refractivity contribution in [2.75, 3.05) is 0 Å². The number of hydrogen-bond donors (Lipinski definition) is 1. The molecule has 0 aliphatic heterocycles. The minimum absolute atomic E-state index is 0.0961. The summed E-state index contributed by atoms with van der Waals surface area (Å²) < 4.78 is 0. The molecule has 56 valence electrons. The van der Waals surface area contributed by atoms with Crippen LogP contribution in [0.2, 0.25) is 0 Å². The van der Waals surface area contributed by atoms with Crippen molar-refractivity contribution in [3.05, 3.63) is 0 Å². The standard InChI is InChI=1S/C9H14O/c1-4-6-2-5-3-7(6)9(10)8(4)5/h4-10H,2-3H2,1H3/t4-,5+,6+,7+,8-,9-/m0/s1. The first kappa shape index (κ1) is 5.59. The van der Waals surface area contributed by atoms with Crippen LogP contribution in [-0.4, -0.2) is 11.2 Å². The number of rotatable bonds is 0. The van der Waals surface area contributed by atoms with Crippen LogP contribution in [0, 0.1) is 29.6 Å². The molecule has 4 bridgehead atoms. The molecular formula is C9H14O. The molecule has 4 aliphatic rings. The lowest BCUT2D eigenvalue weighted by Gasteiger charge is -2.14. The Morgan fingerprint density at radius 2 is 1.90 bits per heavy atom. The second-order valence-electron chi connectivity index (χ2n) is 4.49. The molecule has 0 radical (unpaired) electrons. The smallest absolute Gasteiger partial charge is 0.0604 e. The molecule has 4 fully saturated rings. The average molecular weight is 138 g/mol. The van der Waals surface area contributed by atoms with Gasteiger partial charge >= 0.3 is 0 Å². The molecule has 10 heavy (non-hydrogen) atoms. The van der Waals surface area contributed by atoms with Gasteiger partial charge in [0.1, 0.15) is 0 Å². The maximum absolute atomic E-state index is 9.70. The van der Waals surface area contributed by atoms with Crippen molar-refractivity contribution in [2.24, 2.45) is 29.6 Å². The molecular weight excluding hydrogens is 124 g/mol. The Morgan fingerprint density at radius 1 is 1.20 bits per heavy atom. The zero-order chi connectivity index (χ0) is 6.88. The minimum Gasteiger partial charge on any atom is -0.393 e. The van der Waals surface area contributed by atoms with E-state index in [1.165, 1.54) is 12.8 Å². The molecule has 0 spiro atoms. The molecule has 1 N–H and O–H groups in total. The Balaban J connectivity index is 2.07. The van der Waals surface area contributed by atoms with Crippen LogP contribution in [0.15, 0.2) is 0 Å². The summed E-state index contributed by atoms with van der Waals surface area (Å²) in [7, 11) is 0. The van der Waals surface area contributed by atoms with Crippen LogP contribution in [0.4, 0.5) is 0 Å². The van der Waals surface area contributed by atoms with Crippen LogP contribution in [0.25, 0.3) is 0 Å². The molecule has 4 saturated carbocycles. The van der Waals surface area contributed by atoms with Crippen LogP contribution < -0.4 is 0 Å². The van der Waals surface area contributed by atoms with Gasteiger partial charge in [0.05, 0.1) is 6.10 Å². The van der Waals surface area contributed by atoms with Crippen molar-refractivity contribution in [1.29, 1.82) is 0 Å². The van der Waals surface area contributed by atoms with E-state index in [-0.39, 0.29) is 6.10 Å². The first-order valence-electron chi connectivity index (χ1n) is 4.47. The molecule has 4 aliphatic carbocycles. The molecule has 0 aromatic rings. The summed E-state index contributed by atoms with van der Waals surface area (Å²) >= 11 is 0. The molecule has 6 atom stereocenters. The lowest BCUT2D eigenvalue weighted by molar-refractivity contribution is 0.0983. The van der Waals surface area contributed by atoms with E-state index in [1.807, 2.05) is 0 Å². The first-order chi connectivity index (χ1) is 4.79. The Bertz CT molecular complexity index is 157. The van der Waals surface area contributed by atoms with Crippen LogP contribution in [0.1, 0.15) is 19.8 Å². The first-order valence-corrected chi connectivity index (χ1v) is 4.47. The molecule has 4 rings (SSSR count). The van der Waals surface area contributed by atoms with Gasteiger partial charge in [-0.3, -0.25) is 0 Å². The van der Waals surface area contributed by atoms with Gasteiger partial charge in [-0.25, -0.2) is 0 Å². The van der Waals surface area contributed by atoms with Crippen molar-refractivity contribution < 1.29 is 5.11 Å². The molecule has 0 saturated heterocycles. The van der Waals surface area contributed by atoms with Crippen LogP contribution in [0.3, 0.4) is 0 Å². The van der Waals surface area contributed by atoms with Crippen molar-refractivity contribution in [3.8, 4) is 0 Å². The van der Waals surface area contributed by atoms with Gasteiger partial charge in [0.25, 0.3) is 0 Å². The molecule has 0 unspecified atom stereocenters. The second-order valence-corrected chi connectivity index (χ2v) is 4.49. The van der Waals surface area contributed by atoms with Crippen molar-refractivity contribution in [2.45, 2.75) is 25.9 Å². The highest BCUT2D eigenvalue weighted by Gasteiger charge is 2.62. The van der Waals surface area contributed by atoms with Gasteiger partial charge in [-0.15, -0.1) is 0 Å². The summed E-state index contributed by atoms with van der Waals surface area (Å²) in [5, 5.41) is 9.70. The fraction of sp³-hybridized carbons (Fsp3) is 1.00. The topological polar surface area (TPSA) is 20.2 Å². The van der Waals surface area contributed by atoms with Crippen LogP contribution in [0.5, 0.6) is 0 Å². The maximum Gasteiger partial charge on any atom is 0.0604 e. The molecule has 0 aromatic carbocycles. The van der Waals surface area contributed by atoms with Crippen molar-refractivity contribution in [3.63, 3.8) is 0 Å². The van der Waals surface area contributed by atoms with Crippen molar-refractivity contribution >= 4 is 0 Å². The van der Waals surface area contributed by atoms with Gasteiger partial charge in [-0.05, 0) is 42.4 Å². The van der Waals surface area contributed by atoms with E-state index in [9.17, 15) is 5.11 Å². The minimum atomic E-state index is 0.0961. The van der Waals surface area contributed by atoms with E-state index in [4.69, 9.17) is 0 Å². The fourth-order valence-electron chi connectivity index (χ4n) is 4.05. The lowest BCUT2D eigenvalue weighted by atomic mass is 9.91. The molecule has 1 heteroatoms. The molecule has 1 nitrogen and oxygen atoms in total. The summed E-state index contributed by atoms with van der Waals surface area (Å²) in [6.07, 6.45) is 2.88. The zero-order valence-corrected chi connectivity index (χ0v) is 6.33.